The average molecular weight is 308 g/mol. The van der Waals surface area contributed by atoms with Crippen LogP contribution in [0.25, 0.3) is 0 Å². The van der Waals surface area contributed by atoms with Gasteiger partial charge in [0.25, 0.3) is 0 Å². The van der Waals surface area contributed by atoms with Crippen molar-refractivity contribution in [2.75, 3.05) is 5.32 Å². The molecule has 0 unspecified atom stereocenters. The SMILES string of the molecule is Cc1ccc(NCc2cccc(Br)c2O)cc1O. The minimum atomic E-state index is 0.237. The van der Waals surface area contributed by atoms with Crippen LogP contribution in [0, 0.1) is 6.92 Å². The minimum Gasteiger partial charge on any atom is -0.508 e. The van der Waals surface area contributed by atoms with E-state index < -0.39 is 0 Å². The van der Waals surface area contributed by atoms with Gasteiger partial charge in [0.2, 0.25) is 0 Å². The number of halogens is 1. The predicted molar refractivity (Wildman–Crippen MR) is 76.0 cm³/mol. The minimum absolute atomic E-state index is 0.237. The van der Waals surface area contributed by atoms with E-state index in [2.05, 4.69) is 21.2 Å². The number of rotatable bonds is 3. The van der Waals surface area contributed by atoms with E-state index in [1.807, 2.05) is 31.2 Å². The van der Waals surface area contributed by atoms with Gasteiger partial charge in [0, 0.05) is 23.9 Å². The predicted octanol–water partition coefficient (Wildman–Crippen LogP) is 3.78. The maximum Gasteiger partial charge on any atom is 0.134 e. The van der Waals surface area contributed by atoms with Crippen LogP contribution in [-0.4, -0.2) is 10.2 Å². The molecule has 18 heavy (non-hydrogen) atoms. The normalized spacial score (nSPS) is 10.3. The van der Waals surface area contributed by atoms with Crippen molar-refractivity contribution in [3.63, 3.8) is 0 Å². The van der Waals surface area contributed by atoms with Gasteiger partial charge in [-0.25, -0.2) is 0 Å². The molecule has 0 radical (unpaired) electrons. The van der Waals surface area contributed by atoms with Crippen molar-refractivity contribution < 1.29 is 10.2 Å². The molecule has 0 atom stereocenters. The van der Waals surface area contributed by atoms with E-state index in [0.717, 1.165) is 16.8 Å². The molecule has 0 spiro atoms. The maximum absolute atomic E-state index is 9.84. The molecule has 3 N–H and O–H groups in total. The summed E-state index contributed by atoms with van der Waals surface area (Å²) < 4.78 is 0.675. The molecule has 0 bridgehead atoms. The molecule has 0 fully saturated rings. The summed E-state index contributed by atoms with van der Waals surface area (Å²) >= 11 is 3.28. The number of phenols is 2. The standard InChI is InChI=1S/C14H14BrNO2/c1-9-5-6-11(7-13(9)17)16-8-10-3-2-4-12(15)14(10)18/h2-7,16-18H,8H2,1H3. The van der Waals surface area contributed by atoms with E-state index in [1.165, 1.54) is 0 Å². The molecule has 0 heterocycles. The summed E-state index contributed by atoms with van der Waals surface area (Å²) in [4.78, 5) is 0. The van der Waals surface area contributed by atoms with Gasteiger partial charge >= 0.3 is 0 Å². The fourth-order valence-electron chi connectivity index (χ4n) is 1.62. The van der Waals surface area contributed by atoms with Crippen molar-refractivity contribution in [3.8, 4) is 11.5 Å². The molecule has 0 saturated heterocycles. The van der Waals surface area contributed by atoms with Crippen molar-refractivity contribution in [1.29, 1.82) is 0 Å². The van der Waals surface area contributed by atoms with Gasteiger partial charge in [-0.05, 0) is 40.5 Å². The van der Waals surface area contributed by atoms with E-state index in [4.69, 9.17) is 0 Å². The highest BCUT2D eigenvalue weighted by Crippen LogP contribution is 2.28. The molecule has 0 amide bonds. The average Bonchev–Trinajstić information content (AvgIpc) is 2.35. The van der Waals surface area contributed by atoms with Gasteiger partial charge < -0.3 is 15.5 Å². The number of anilines is 1. The highest BCUT2D eigenvalue weighted by Gasteiger charge is 2.05. The largest absolute Gasteiger partial charge is 0.508 e. The molecule has 0 aliphatic heterocycles. The van der Waals surface area contributed by atoms with E-state index >= 15 is 0 Å². The van der Waals surface area contributed by atoms with Crippen molar-refractivity contribution >= 4 is 21.6 Å². The van der Waals surface area contributed by atoms with Crippen molar-refractivity contribution in [3.05, 3.63) is 52.0 Å². The third-order valence-corrected chi connectivity index (χ3v) is 3.40. The number of hydrogen-bond acceptors (Lipinski definition) is 3. The molecule has 2 aromatic rings. The Morgan fingerprint density at radius 1 is 1.17 bits per heavy atom. The smallest absolute Gasteiger partial charge is 0.134 e. The number of aromatic hydroxyl groups is 2. The summed E-state index contributed by atoms with van der Waals surface area (Å²) in [6.45, 7) is 2.34. The lowest BCUT2D eigenvalue weighted by Crippen LogP contribution is -1.99. The van der Waals surface area contributed by atoms with Gasteiger partial charge in [0.15, 0.2) is 0 Å². The Morgan fingerprint density at radius 3 is 2.67 bits per heavy atom. The number of benzene rings is 2. The van der Waals surface area contributed by atoms with E-state index in [-0.39, 0.29) is 11.5 Å². The Labute approximate surface area is 114 Å². The number of hydrogen-bond donors (Lipinski definition) is 3. The number of aryl methyl sites for hydroxylation is 1. The molecular formula is C14H14BrNO2. The molecule has 2 aromatic carbocycles. The molecule has 0 aromatic heterocycles. The lowest BCUT2D eigenvalue weighted by atomic mass is 10.1. The summed E-state index contributed by atoms with van der Waals surface area (Å²) in [5.74, 6) is 0.500. The van der Waals surface area contributed by atoms with E-state index in [1.54, 1.807) is 12.1 Å². The molecule has 94 valence electrons. The van der Waals surface area contributed by atoms with Crippen LogP contribution in [0.3, 0.4) is 0 Å². The van der Waals surface area contributed by atoms with E-state index in [0.29, 0.717) is 11.0 Å². The van der Waals surface area contributed by atoms with Crippen molar-refractivity contribution in [2.45, 2.75) is 13.5 Å². The maximum atomic E-state index is 9.84. The van der Waals surface area contributed by atoms with Crippen molar-refractivity contribution in [2.24, 2.45) is 0 Å². The first-order valence-electron chi connectivity index (χ1n) is 5.58. The van der Waals surface area contributed by atoms with Crippen LogP contribution in [0.5, 0.6) is 11.5 Å². The summed E-state index contributed by atoms with van der Waals surface area (Å²) in [6, 6.07) is 10.9. The quantitative estimate of drug-likeness (QED) is 0.809. The highest BCUT2D eigenvalue weighted by atomic mass is 79.9. The van der Waals surface area contributed by atoms with Crippen LogP contribution in [0.2, 0.25) is 0 Å². The molecular weight excluding hydrogens is 294 g/mol. The summed E-state index contributed by atoms with van der Waals surface area (Å²) in [5.41, 5.74) is 2.45. The molecule has 2 rings (SSSR count). The van der Waals surface area contributed by atoms with Crippen LogP contribution in [-0.2, 0) is 6.54 Å². The molecule has 0 saturated carbocycles. The first-order valence-corrected chi connectivity index (χ1v) is 6.37. The second-order valence-electron chi connectivity index (χ2n) is 4.10. The van der Waals surface area contributed by atoms with Crippen molar-refractivity contribution in [1.82, 2.24) is 0 Å². The molecule has 0 aliphatic rings. The summed E-state index contributed by atoms with van der Waals surface area (Å²) in [6.07, 6.45) is 0. The lowest BCUT2D eigenvalue weighted by Gasteiger charge is -2.10. The molecule has 0 aliphatic carbocycles. The Hall–Kier alpha value is -1.68. The Balaban J connectivity index is 2.11. The number of nitrogens with one attached hydrogen (secondary N) is 1. The third-order valence-electron chi connectivity index (χ3n) is 2.76. The fourth-order valence-corrected chi connectivity index (χ4v) is 2.03. The topological polar surface area (TPSA) is 52.5 Å². The fraction of sp³-hybridized carbons (Fsp3) is 0.143. The molecule has 3 nitrogen and oxygen atoms in total. The van der Waals surface area contributed by atoms with Gasteiger partial charge in [-0.15, -0.1) is 0 Å². The van der Waals surface area contributed by atoms with Crippen LogP contribution < -0.4 is 5.32 Å². The zero-order valence-corrected chi connectivity index (χ0v) is 11.5. The summed E-state index contributed by atoms with van der Waals surface area (Å²) in [7, 11) is 0. The molecule has 4 heteroatoms. The zero-order chi connectivity index (χ0) is 13.1. The second-order valence-corrected chi connectivity index (χ2v) is 4.96. The van der Waals surface area contributed by atoms with Gasteiger partial charge in [-0.2, -0.15) is 0 Å². The number of para-hydroxylation sites is 1. The van der Waals surface area contributed by atoms with Crippen LogP contribution in [0.15, 0.2) is 40.9 Å². The second kappa shape index (κ2) is 5.31. The number of phenolic OH excluding ortho intramolecular Hbond substituents is 2. The van der Waals surface area contributed by atoms with Crippen LogP contribution >= 0.6 is 15.9 Å². The Bertz CT molecular complexity index is 570. The van der Waals surface area contributed by atoms with Gasteiger partial charge in [-0.1, -0.05) is 18.2 Å². The van der Waals surface area contributed by atoms with Gasteiger partial charge in [0.05, 0.1) is 4.47 Å². The van der Waals surface area contributed by atoms with E-state index in [9.17, 15) is 10.2 Å². The van der Waals surface area contributed by atoms with Gasteiger partial charge in [-0.3, -0.25) is 0 Å². The first kappa shape index (κ1) is 12.8. The third kappa shape index (κ3) is 2.76. The lowest BCUT2D eigenvalue weighted by molar-refractivity contribution is 0.465. The monoisotopic (exact) mass is 307 g/mol. The zero-order valence-electron chi connectivity index (χ0n) is 9.94. The van der Waals surface area contributed by atoms with Crippen LogP contribution in [0.1, 0.15) is 11.1 Å². The Morgan fingerprint density at radius 2 is 1.94 bits per heavy atom. The summed E-state index contributed by atoms with van der Waals surface area (Å²) in [5, 5.41) is 22.6. The van der Waals surface area contributed by atoms with Crippen LogP contribution in [0.4, 0.5) is 5.69 Å². The Kier molecular flexibility index (Phi) is 3.77. The first-order chi connectivity index (χ1) is 8.58. The van der Waals surface area contributed by atoms with Gasteiger partial charge in [0.1, 0.15) is 11.5 Å². The highest BCUT2D eigenvalue weighted by molar-refractivity contribution is 9.10.